The largest absolute Gasteiger partial charge is 0.492 e. The molecule has 1 rings (SSSR count). The van der Waals surface area contributed by atoms with Gasteiger partial charge in [-0.15, -0.1) is 0 Å². The number of halogens is 1. The van der Waals surface area contributed by atoms with Crippen molar-refractivity contribution >= 4 is 29.2 Å². The molecule has 0 amide bonds. The predicted molar refractivity (Wildman–Crippen MR) is 72.5 cm³/mol. The fraction of sp³-hybridized carbons (Fsp3) is 0.364. The van der Waals surface area contributed by atoms with E-state index in [1.807, 2.05) is 0 Å². The molecule has 0 atom stereocenters. The second-order valence-electron chi connectivity index (χ2n) is 3.33. The van der Waals surface area contributed by atoms with Crippen molar-refractivity contribution in [3.05, 3.63) is 28.8 Å². The van der Waals surface area contributed by atoms with Crippen LogP contribution in [0.3, 0.4) is 0 Å². The van der Waals surface area contributed by atoms with Crippen molar-refractivity contribution in [2.75, 3.05) is 18.6 Å². The molecule has 6 heteroatoms. The molecule has 3 N–H and O–H groups in total. The van der Waals surface area contributed by atoms with Crippen LogP contribution in [-0.4, -0.2) is 29.7 Å². The molecule has 94 valence electrons. The first-order chi connectivity index (χ1) is 8.19. The van der Waals surface area contributed by atoms with Gasteiger partial charge in [0.05, 0.1) is 11.6 Å². The smallest absolute Gasteiger partial charge is 0.170 e. The van der Waals surface area contributed by atoms with Gasteiger partial charge in [-0.1, -0.05) is 16.8 Å². The van der Waals surface area contributed by atoms with E-state index in [9.17, 15) is 0 Å². The van der Waals surface area contributed by atoms with Crippen molar-refractivity contribution < 1.29 is 9.94 Å². The van der Waals surface area contributed by atoms with E-state index < -0.39 is 0 Å². The van der Waals surface area contributed by atoms with E-state index in [1.54, 1.807) is 30.0 Å². The molecule has 0 heterocycles. The quantitative estimate of drug-likeness (QED) is 0.275. The summed E-state index contributed by atoms with van der Waals surface area (Å²) in [4.78, 5) is 0. The number of nitrogens with zero attached hydrogens (tertiary/aromatic N) is 1. The van der Waals surface area contributed by atoms with Gasteiger partial charge in [0.15, 0.2) is 5.84 Å². The first-order valence-corrected chi connectivity index (χ1v) is 6.85. The Morgan fingerprint density at radius 3 is 2.94 bits per heavy atom. The van der Waals surface area contributed by atoms with E-state index >= 15 is 0 Å². The van der Waals surface area contributed by atoms with Crippen molar-refractivity contribution in [3.8, 4) is 5.75 Å². The van der Waals surface area contributed by atoms with Crippen molar-refractivity contribution in [3.63, 3.8) is 0 Å². The summed E-state index contributed by atoms with van der Waals surface area (Å²) in [7, 11) is 0. The topological polar surface area (TPSA) is 67.8 Å². The number of ether oxygens (including phenoxy) is 1. The van der Waals surface area contributed by atoms with E-state index in [0.29, 0.717) is 22.9 Å². The van der Waals surface area contributed by atoms with Gasteiger partial charge in [-0.25, -0.2) is 0 Å². The van der Waals surface area contributed by atoms with E-state index in [0.717, 1.165) is 12.2 Å². The molecule has 4 nitrogen and oxygen atoms in total. The average molecular weight is 275 g/mol. The Balaban J connectivity index is 2.63. The summed E-state index contributed by atoms with van der Waals surface area (Å²) in [6, 6.07) is 5.03. The third kappa shape index (κ3) is 4.36. The highest BCUT2D eigenvalue weighted by molar-refractivity contribution is 7.98. The Morgan fingerprint density at radius 2 is 2.35 bits per heavy atom. The highest BCUT2D eigenvalue weighted by Gasteiger charge is 2.05. The number of benzene rings is 1. The first-order valence-electron chi connectivity index (χ1n) is 5.08. The molecule has 0 aliphatic carbocycles. The van der Waals surface area contributed by atoms with Gasteiger partial charge in [-0.05, 0) is 36.6 Å². The summed E-state index contributed by atoms with van der Waals surface area (Å²) in [6.45, 7) is 0.628. The summed E-state index contributed by atoms with van der Waals surface area (Å²) >= 11 is 7.80. The number of nitrogens with two attached hydrogens (primary N) is 1. The van der Waals surface area contributed by atoms with Crippen molar-refractivity contribution in [1.82, 2.24) is 0 Å². The molecule has 0 saturated carbocycles. The average Bonchev–Trinajstić information content (AvgIpc) is 2.35. The lowest BCUT2D eigenvalue weighted by atomic mass is 10.2. The third-order valence-electron chi connectivity index (χ3n) is 2.09. The molecule has 0 bridgehead atoms. The number of rotatable bonds is 6. The van der Waals surface area contributed by atoms with E-state index in [4.69, 9.17) is 27.3 Å². The van der Waals surface area contributed by atoms with E-state index in [-0.39, 0.29) is 5.84 Å². The standard InChI is InChI=1S/C11H15ClN2O2S/c1-17-6-2-5-16-10-4-3-8(7-9(10)12)11(13)14-15/h3-4,7,15H,2,5-6H2,1H3,(H2,13,14). The van der Waals surface area contributed by atoms with Crippen LogP contribution in [0.2, 0.25) is 5.02 Å². The first kappa shape index (κ1) is 14.0. The summed E-state index contributed by atoms with van der Waals surface area (Å²) in [6.07, 6.45) is 3.03. The maximum atomic E-state index is 8.54. The zero-order chi connectivity index (χ0) is 12.7. The monoisotopic (exact) mass is 274 g/mol. The van der Waals surface area contributed by atoms with Crippen LogP contribution in [0.1, 0.15) is 12.0 Å². The molecular formula is C11H15ClN2O2S. The number of oxime groups is 1. The van der Waals surface area contributed by atoms with E-state index in [1.165, 1.54) is 0 Å². The minimum absolute atomic E-state index is 0.0285. The van der Waals surface area contributed by atoms with Crippen LogP contribution < -0.4 is 10.5 Å². The molecule has 0 radical (unpaired) electrons. The van der Waals surface area contributed by atoms with Crippen LogP contribution in [0.4, 0.5) is 0 Å². The van der Waals surface area contributed by atoms with Crippen LogP contribution >= 0.6 is 23.4 Å². The van der Waals surface area contributed by atoms with Crippen LogP contribution in [0.25, 0.3) is 0 Å². The Bertz CT molecular complexity index is 399. The highest BCUT2D eigenvalue weighted by atomic mass is 35.5. The molecule has 0 aromatic heterocycles. The minimum Gasteiger partial charge on any atom is -0.492 e. The van der Waals surface area contributed by atoms with Crippen molar-refractivity contribution in [1.29, 1.82) is 0 Å². The minimum atomic E-state index is 0.0285. The van der Waals surface area contributed by atoms with Gasteiger partial charge in [0, 0.05) is 5.56 Å². The lowest BCUT2D eigenvalue weighted by Gasteiger charge is -2.08. The highest BCUT2D eigenvalue weighted by Crippen LogP contribution is 2.25. The van der Waals surface area contributed by atoms with Gasteiger partial charge in [0.25, 0.3) is 0 Å². The Hall–Kier alpha value is -1.07. The molecule has 0 fully saturated rings. The van der Waals surface area contributed by atoms with E-state index in [2.05, 4.69) is 11.4 Å². The van der Waals surface area contributed by atoms with Gasteiger partial charge >= 0.3 is 0 Å². The maximum absolute atomic E-state index is 8.54. The molecule has 0 aliphatic heterocycles. The van der Waals surface area contributed by atoms with Crippen LogP contribution in [-0.2, 0) is 0 Å². The molecule has 0 saturated heterocycles. The van der Waals surface area contributed by atoms with Crippen molar-refractivity contribution in [2.45, 2.75) is 6.42 Å². The molecule has 0 aliphatic rings. The number of amidine groups is 1. The van der Waals surface area contributed by atoms with Gasteiger partial charge in [0.2, 0.25) is 0 Å². The normalized spacial score (nSPS) is 11.5. The lowest BCUT2D eigenvalue weighted by Crippen LogP contribution is -2.13. The molecule has 1 aromatic rings. The summed E-state index contributed by atoms with van der Waals surface area (Å²) in [5, 5.41) is 11.9. The Morgan fingerprint density at radius 1 is 1.59 bits per heavy atom. The van der Waals surface area contributed by atoms with Gasteiger partial charge < -0.3 is 15.7 Å². The molecule has 17 heavy (non-hydrogen) atoms. The number of thioether (sulfide) groups is 1. The van der Waals surface area contributed by atoms with Gasteiger partial charge in [-0.3, -0.25) is 0 Å². The fourth-order valence-electron chi connectivity index (χ4n) is 1.22. The molecular weight excluding hydrogens is 260 g/mol. The summed E-state index contributed by atoms with van der Waals surface area (Å²) in [5.74, 6) is 1.70. The van der Waals surface area contributed by atoms with Crippen molar-refractivity contribution in [2.24, 2.45) is 10.9 Å². The Labute approximate surface area is 110 Å². The molecule has 0 unspecified atom stereocenters. The number of hydrogen-bond acceptors (Lipinski definition) is 4. The Kier molecular flexibility index (Phi) is 6.00. The zero-order valence-corrected chi connectivity index (χ0v) is 11.1. The fourth-order valence-corrected chi connectivity index (χ4v) is 1.86. The zero-order valence-electron chi connectivity index (χ0n) is 9.52. The summed E-state index contributed by atoms with van der Waals surface area (Å²) < 4.78 is 5.52. The second kappa shape index (κ2) is 7.29. The van der Waals surface area contributed by atoms with Crippen LogP contribution in [0.5, 0.6) is 5.75 Å². The number of hydrogen-bond donors (Lipinski definition) is 2. The SMILES string of the molecule is CSCCCOc1ccc(/C(N)=N/O)cc1Cl. The third-order valence-corrected chi connectivity index (χ3v) is 3.08. The predicted octanol–water partition coefficient (Wildman–Crippen LogP) is 2.57. The van der Waals surface area contributed by atoms with Crippen LogP contribution in [0, 0.1) is 0 Å². The van der Waals surface area contributed by atoms with Crippen LogP contribution in [0.15, 0.2) is 23.4 Å². The lowest BCUT2D eigenvalue weighted by molar-refractivity contribution is 0.317. The molecule has 1 aromatic carbocycles. The second-order valence-corrected chi connectivity index (χ2v) is 4.72. The summed E-state index contributed by atoms with van der Waals surface area (Å²) in [5.41, 5.74) is 6.01. The molecule has 0 spiro atoms. The maximum Gasteiger partial charge on any atom is 0.170 e. The van der Waals surface area contributed by atoms with Gasteiger partial charge in [-0.2, -0.15) is 11.8 Å². The van der Waals surface area contributed by atoms with Gasteiger partial charge in [0.1, 0.15) is 5.75 Å².